The van der Waals surface area contributed by atoms with Crippen LogP contribution in [0.2, 0.25) is 0 Å². The molecule has 0 saturated carbocycles. The number of carbonyl (C=O) groups excluding carboxylic acids is 1. The number of pyridine rings is 1. The molecule has 1 amide bonds. The van der Waals surface area contributed by atoms with Crippen molar-refractivity contribution < 1.29 is 9.53 Å². The summed E-state index contributed by atoms with van der Waals surface area (Å²) in [6, 6.07) is 15.4. The molecule has 2 saturated heterocycles. The molecule has 0 radical (unpaired) electrons. The molecule has 2 aliphatic rings. The van der Waals surface area contributed by atoms with Crippen molar-refractivity contribution in [2.75, 3.05) is 37.7 Å². The van der Waals surface area contributed by atoms with E-state index in [0.717, 1.165) is 5.56 Å². The summed E-state index contributed by atoms with van der Waals surface area (Å²) in [5.74, 6) is 0.399. The molecule has 7 nitrogen and oxygen atoms in total. The van der Waals surface area contributed by atoms with Crippen molar-refractivity contribution >= 4 is 51.7 Å². The minimum Gasteiger partial charge on any atom is -0.378 e. The van der Waals surface area contributed by atoms with E-state index in [1.807, 2.05) is 41.3 Å². The quantitative estimate of drug-likeness (QED) is 0.413. The Morgan fingerprint density at radius 2 is 1.82 bits per heavy atom. The van der Waals surface area contributed by atoms with E-state index in [0.29, 0.717) is 65.5 Å². The van der Waals surface area contributed by atoms with Crippen LogP contribution in [0.3, 0.4) is 0 Å². The third kappa shape index (κ3) is 4.44. The summed E-state index contributed by atoms with van der Waals surface area (Å²) < 4.78 is 7.48. The maximum atomic E-state index is 13.4. The fraction of sp³-hybridized carbons (Fsp3) is 0.250. The van der Waals surface area contributed by atoms with Gasteiger partial charge in [-0.15, -0.1) is 0 Å². The van der Waals surface area contributed by atoms with Crippen molar-refractivity contribution in [3.8, 4) is 0 Å². The minimum atomic E-state index is -0.211. The molecule has 5 rings (SSSR count). The Hall–Kier alpha value is -3.01. The van der Waals surface area contributed by atoms with Crippen LogP contribution >= 0.6 is 24.0 Å². The first-order chi connectivity index (χ1) is 16.1. The molecule has 168 valence electrons. The summed E-state index contributed by atoms with van der Waals surface area (Å²) in [6.45, 7) is 2.90. The Labute approximate surface area is 200 Å². The Kier molecular flexibility index (Phi) is 6.26. The lowest BCUT2D eigenvalue weighted by atomic mass is 10.1. The van der Waals surface area contributed by atoms with Crippen molar-refractivity contribution in [3.63, 3.8) is 0 Å². The Morgan fingerprint density at radius 3 is 2.61 bits per heavy atom. The van der Waals surface area contributed by atoms with Crippen LogP contribution in [0, 0.1) is 0 Å². The Morgan fingerprint density at radius 1 is 1.06 bits per heavy atom. The minimum absolute atomic E-state index is 0.175. The molecular formula is C24H22N4O3S2. The summed E-state index contributed by atoms with van der Waals surface area (Å²) in [4.78, 5) is 35.5. The highest BCUT2D eigenvalue weighted by Crippen LogP contribution is 2.33. The second-order valence-corrected chi connectivity index (χ2v) is 9.43. The highest BCUT2D eigenvalue weighted by molar-refractivity contribution is 8.26. The van der Waals surface area contributed by atoms with Gasteiger partial charge >= 0.3 is 0 Å². The number of hydrogen-bond acceptors (Lipinski definition) is 7. The molecule has 0 bridgehead atoms. The van der Waals surface area contributed by atoms with Crippen LogP contribution < -0.4 is 10.5 Å². The smallest absolute Gasteiger partial charge is 0.267 e. The van der Waals surface area contributed by atoms with Crippen LogP contribution in [-0.4, -0.2) is 57.4 Å². The molecule has 0 N–H and O–H groups in total. The van der Waals surface area contributed by atoms with Gasteiger partial charge < -0.3 is 9.64 Å². The molecule has 4 heterocycles. The van der Waals surface area contributed by atoms with Gasteiger partial charge in [0.05, 0.1) is 23.7 Å². The van der Waals surface area contributed by atoms with Gasteiger partial charge in [-0.2, -0.15) is 0 Å². The number of fused-ring (bicyclic) bond motifs is 1. The fourth-order valence-corrected chi connectivity index (χ4v) is 5.23. The number of carbonyl (C=O) groups is 1. The molecule has 0 aliphatic carbocycles. The van der Waals surface area contributed by atoms with E-state index in [1.54, 1.807) is 29.3 Å². The fourth-order valence-electron chi connectivity index (χ4n) is 3.94. The second kappa shape index (κ2) is 9.46. The van der Waals surface area contributed by atoms with E-state index in [2.05, 4.69) is 0 Å². The molecule has 33 heavy (non-hydrogen) atoms. The number of morpholine rings is 1. The van der Waals surface area contributed by atoms with E-state index >= 15 is 0 Å². The summed E-state index contributed by atoms with van der Waals surface area (Å²) in [5, 5.41) is 0. The van der Waals surface area contributed by atoms with E-state index in [1.165, 1.54) is 16.2 Å². The van der Waals surface area contributed by atoms with Gasteiger partial charge in [0.2, 0.25) is 0 Å². The third-order valence-electron chi connectivity index (χ3n) is 5.68. The zero-order chi connectivity index (χ0) is 22.8. The van der Waals surface area contributed by atoms with Gasteiger partial charge in [0.1, 0.15) is 15.8 Å². The normalized spacial score (nSPS) is 18.0. The van der Waals surface area contributed by atoms with Gasteiger partial charge in [-0.3, -0.25) is 18.9 Å². The molecule has 3 aromatic rings. The first kappa shape index (κ1) is 21.8. The summed E-state index contributed by atoms with van der Waals surface area (Å²) in [6.07, 6.45) is 4.05. The third-order valence-corrected chi connectivity index (χ3v) is 7.05. The van der Waals surface area contributed by atoms with Crippen molar-refractivity contribution in [2.45, 2.75) is 6.42 Å². The predicted octanol–water partition coefficient (Wildman–Crippen LogP) is 2.98. The van der Waals surface area contributed by atoms with Crippen molar-refractivity contribution in [3.05, 3.63) is 81.1 Å². The highest BCUT2D eigenvalue weighted by atomic mass is 32.2. The zero-order valence-corrected chi connectivity index (χ0v) is 19.5. The molecule has 2 fully saturated rings. The van der Waals surface area contributed by atoms with E-state index in [-0.39, 0.29) is 11.5 Å². The van der Waals surface area contributed by atoms with Crippen LogP contribution in [0.15, 0.2) is 64.4 Å². The zero-order valence-electron chi connectivity index (χ0n) is 17.8. The van der Waals surface area contributed by atoms with E-state index in [9.17, 15) is 9.59 Å². The first-order valence-electron chi connectivity index (χ1n) is 10.8. The molecule has 1 aromatic carbocycles. The summed E-state index contributed by atoms with van der Waals surface area (Å²) >= 11 is 6.73. The number of thiocarbonyl (C=S) groups is 1. The van der Waals surface area contributed by atoms with Gasteiger partial charge in [-0.05, 0) is 30.2 Å². The van der Waals surface area contributed by atoms with Gasteiger partial charge in [-0.1, -0.05) is 60.4 Å². The number of aromatic nitrogens is 2. The van der Waals surface area contributed by atoms with Gasteiger partial charge in [0, 0.05) is 25.8 Å². The number of hydrogen-bond donors (Lipinski definition) is 0. The molecule has 0 spiro atoms. The molecular weight excluding hydrogens is 456 g/mol. The average Bonchev–Trinajstić information content (AvgIpc) is 3.12. The molecule has 0 unspecified atom stereocenters. The Bertz CT molecular complexity index is 1300. The molecule has 2 aromatic heterocycles. The topological polar surface area (TPSA) is 67.2 Å². The molecule has 0 atom stereocenters. The highest BCUT2D eigenvalue weighted by Gasteiger charge is 2.32. The number of nitrogens with zero attached hydrogens (tertiary/aromatic N) is 4. The largest absolute Gasteiger partial charge is 0.378 e. The first-order valence-corrected chi connectivity index (χ1v) is 12.0. The van der Waals surface area contributed by atoms with Crippen molar-refractivity contribution in [1.82, 2.24) is 14.3 Å². The number of ether oxygens (including phenoxy) is 1. The van der Waals surface area contributed by atoms with Gasteiger partial charge in [0.25, 0.3) is 11.5 Å². The van der Waals surface area contributed by atoms with E-state index < -0.39 is 0 Å². The van der Waals surface area contributed by atoms with Crippen LogP contribution in [0.4, 0.5) is 5.82 Å². The van der Waals surface area contributed by atoms with Crippen LogP contribution in [0.5, 0.6) is 0 Å². The lowest BCUT2D eigenvalue weighted by Gasteiger charge is -2.29. The molecule has 9 heteroatoms. The number of anilines is 1. The van der Waals surface area contributed by atoms with E-state index in [4.69, 9.17) is 21.9 Å². The number of rotatable bonds is 5. The molecule has 2 aliphatic heterocycles. The SMILES string of the molecule is O=C1/C(=C/c2c(N3CCOCC3)nc3ccccn3c2=O)SC(=S)N1CCc1ccccc1. The predicted molar refractivity (Wildman–Crippen MR) is 135 cm³/mol. The summed E-state index contributed by atoms with van der Waals surface area (Å²) in [7, 11) is 0. The van der Waals surface area contributed by atoms with Crippen LogP contribution in [0.25, 0.3) is 11.7 Å². The Balaban J connectivity index is 1.50. The maximum absolute atomic E-state index is 13.4. The second-order valence-electron chi connectivity index (χ2n) is 7.75. The van der Waals surface area contributed by atoms with Crippen LogP contribution in [-0.2, 0) is 16.0 Å². The maximum Gasteiger partial charge on any atom is 0.267 e. The lowest BCUT2D eigenvalue weighted by Crippen LogP contribution is -2.38. The summed E-state index contributed by atoms with van der Waals surface area (Å²) in [5.41, 5.74) is 1.89. The van der Waals surface area contributed by atoms with Crippen molar-refractivity contribution in [1.29, 1.82) is 0 Å². The van der Waals surface area contributed by atoms with Gasteiger partial charge in [-0.25, -0.2) is 4.98 Å². The standard InChI is InChI=1S/C24H22N4O3S2/c29-22-18(21(26-12-14-31-15-13-26)25-20-8-4-5-10-27(20)22)16-19-23(30)28(24(32)33-19)11-9-17-6-2-1-3-7-17/h1-8,10,16H,9,11-15H2/b19-16-. The lowest BCUT2D eigenvalue weighted by molar-refractivity contribution is -0.122. The monoisotopic (exact) mass is 478 g/mol. The van der Waals surface area contributed by atoms with Gasteiger partial charge in [0.15, 0.2) is 0 Å². The number of benzene rings is 1. The number of thioether (sulfide) groups is 1. The number of amides is 1. The van der Waals surface area contributed by atoms with Crippen LogP contribution in [0.1, 0.15) is 11.1 Å². The average molecular weight is 479 g/mol. The van der Waals surface area contributed by atoms with Crippen molar-refractivity contribution in [2.24, 2.45) is 0 Å².